The van der Waals surface area contributed by atoms with Crippen molar-refractivity contribution in [2.24, 2.45) is 0 Å². The minimum atomic E-state index is -1.98. The summed E-state index contributed by atoms with van der Waals surface area (Å²) >= 11 is 0. The van der Waals surface area contributed by atoms with Gasteiger partial charge in [0.15, 0.2) is 18.9 Å². The monoisotopic (exact) mass is 1460 g/mol. The standard InChI is InChI=1S/C84H153NO18/c1-3-5-7-9-11-13-15-17-19-21-23-25-27-28-29-30-31-32-33-34-35-36-37-38-40-42-44-46-48-50-52-54-56-58-60-62-72(90)85-67(68(89)61-59-57-55-53-51-49-47-45-43-41-39-26-24-22-20-18-16-14-12-10-8-6-4-2)66-98-82-78(96)75(93)80(70(64-87)100-82)103-84-79(97)76(94)81(71(65-88)101-84)102-83-77(95)74(92)73(91)69(63-86)99-83/h15,17,21,23,27-28,51,53,59,61,67-71,73-84,86-89,91-97H,3-14,16,18-20,22,24-26,29-50,52,54-58,60,62-66H2,1-2H3,(H,85,90)/b17-15-,23-21-,28-27-,53-51+,61-59+. The third-order valence-electron chi connectivity index (χ3n) is 20.8. The van der Waals surface area contributed by atoms with E-state index in [2.05, 4.69) is 67.8 Å². The molecule has 0 bridgehead atoms. The number of ether oxygens (including phenoxy) is 6. The topological polar surface area (TPSA) is 307 Å². The highest BCUT2D eigenvalue weighted by Crippen LogP contribution is 2.33. The van der Waals surface area contributed by atoms with Crippen LogP contribution in [0.5, 0.6) is 0 Å². The summed E-state index contributed by atoms with van der Waals surface area (Å²) < 4.78 is 34.5. The fraction of sp³-hybridized carbons (Fsp3) is 0.869. The van der Waals surface area contributed by atoms with Gasteiger partial charge in [-0.05, 0) is 70.6 Å². The molecule has 3 aliphatic rings. The molecule has 0 aromatic carbocycles. The van der Waals surface area contributed by atoms with Gasteiger partial charge in [0.2, 0.25) is 5.91 Å². The molecule has 3 saturated heterocycles. The molecular formula is C84H153NO18. The molecule has 19 heteroatoms. The fourth-order valence-electron chi connectivity index (χ4n) is 14.0. The van der Waals surface area contributed by atoms with Crippen molar-refractivity contribution in [2.45, 2.75) is 439 Å². The molecule has 103 heavy (non-hydrogen) atoms. The van der Waals surface area contributed by atoms with E-state index in [-0.39, 0.29) is 18.9 Å². The van der Waals surface area contributed by atoms with Crippen LogP contribution in [0.4, 0.5) is 0 Å². The Morgan fingerprint density at radius 1 is 0.350 bits per heavy atom. The van der Waals surface area contributed by atoms with Crippen molar-refractivity contribution >= 4 is 5.91 Å². The van der Waals surface area contributed by atoms with Gasteiger partial charge in [-0.1, -0.05) is 319 Å². The number of carbonyl (C=O) groups excluding carboxylic acids is 1. The molecule has 0 saturated carbocycles. The smallest absolute Gasteiger partial charge is 0.220 e. The summed E-state index contributed by atoms with van der Waals surface area (Å²) in [7, 11) is 0. The van der Waals surface area contributed by atoms with Crippen molar-refractivity contribution in [1.29, 1.82) is 0 Å². The van der Waals surface area contributed by atoms with E-state index >= 15 is 0 Å². The van der Waals surface area contributed by atoms with Crippen LogP contribution in [0.25, 0.3) is 0 Å². The third kappa shape index (κ3) is 44.1. The van der Waals surface area contributed by atoms with E-state index in [0.29, 0.717) is 12.8 Å². The van der Waals surface area contributed by atoms with Crippen molar-refractivity contribution in [3.63, 3.8) is 0 Å². The SMILES string of the molecule is CCCCCCC/C=C\C/C=C\C/C=C\CCCCCCCCCCCCCCCCCCCCCCC(=O)NC(COC1OC(CO)C(OC2OC(CO)C(OC3OC(CO)C(O)C(O)C3O)C(O)C2O)C(O)C1O)C(O)/C=C/CC/C=C/CCCCCCCCCCCCCCCCCCC. The second kappa shape index (κ2) is 64.3. The Labute approximate surface area is 624 Å². The summed E-state index contributed by atoms with van der Waals surface area (Å²) in [6, 6.07) is -0.992. The number of unbranched alkanes of at least 4 members (excludes halogenated alkanes) is 43. The van der Waals surface area contributed by atoms with Gasteiger partial charge in [0.25, 0.3) is 0 Å². The minimum absolute atomic E-state index is 0.237. The number of nitrogens with one attached hydrogen (secondary N) is 1. The molecule has 1 amide bonds. The van der Waals surface area contributed by atoms with Crippen LogP contribution in [0.15, 0.2) is 60.8 Å². The van der Waals surface area contributed by atoms with E-state index < -0.39 is 124 Å². The van der Waals surface area contributed by atoms with Gasteiger partial charge in [0.1, 0.15) is 73.2 Å². The fourth-order valence-corrected chi connectivity index (χ4v) is 14.0. The highest BCUT2D eigenvalue weighted by Gasteiger charge is 2.54. The second-order valence-electron chi connectivity index (χ2n) is 29.9. The van der Waals surface area contributed by atoms with Crippen molar-refractivity contribution < 1.29 is 89.4 Å². The molecule has 17 atom stereocenters. The molecular weight excluding hydrogens is 1310 g/mol. The van der Waals surface area contributed by atoms with Crippen LogP contribution in [-0.2, 0) is 33.2 Å². The first kappa shape index (κ1) is 94.7. The summed E-state index contributed by atoms with van der Waals surface area (Å²) in [4.78, 5) is 13.5. The Hall–Kier alpha value is -2.51. The summed E-state index contributed by atoms with van der Waals surface area (Å²) in [5.41, 5.74) is 0. The molecule has 3 aliphatic heterocycles. The Balaban J connectivity index is 1.35. The first-order valence-corrected chi connectivity index (χ1v) is 42.0. The third-order valence-corrected chi connectivity index (χ3v) is 20.8. The molecule has 602 valence electrons. The predicted molar refractivity (Wildman–Crippen MR) is 411 cm³/mol. The van der Waals surface area contributed by atoms with Crippen molar-refractivity contribution in [3.05, 3.63) is 60.8 Å². The summed E-state index contributed by atoms with van der Waals surface area (Å²) in [5.74, 6) is -0.281. The van der Waals surface area contributed by atoms with E-state index in [4.69, 9.17) is 28.4 Å². The number of aliphatic hydroxyl groups excluding tert-OH is 11. The maximum atomic E-state index is 13.5. The van der Waals surface area contributed by atoms with E-state index in [0.717, 1.165) is 51.4 Å². The molecule has 0 aromatic heterocycles. The molecule has 12 N–H and O–H groups in total. The number of allylic oxidation sites excluding steroid dienone is 9. The Morgan fingerprint density at radius 2 is 0.650 bits per heavy atom. The van der Waals surface area contributed by atoms with Crippen LogP contribution in [0.2, 0.25) is 0 Å². The first-order chi connectivity index (χ1) is 50.3. The quantitative estimate of drug-likeness (QED) is 0.0199. The average Bonchev–Trinajstić information content (AvgIpc) is 0.781. The highest BCUT2D eigenvalue weighted by atomic mass is 16.8. The molecule has 0 aromatic rings. The minimum Gasteiger partial charge on any atom is -0.394 e. The zero-order valence-corrected chi connectivity index (χ0v) is 64.5. The van der Waals surface area contributed by atoms with Crippen molar-refractivity contribution in [1.82, 2.24) is 5.32 Å². The molecule has 0 spiro atoms. The lowest BCUT2D eigenvalue weighted by molar-refractivity contribution is -0.379. The molecule has 3 fully saturated rings. The van der Waals surface area contributed by atoms with Crippen LogP contribution in [-0.4, -0.2) is 193 Å². The number of amides is 1. The van der Waals surface area contributed by atoms with Crippen LogP contribution in [0, 0.1) is 0 Å². The Kier molecular flexibility index (Phi) is 59.1. The van der Waals surface area contributed by atoms with E-state index in [1.165, 1.54) is 250 Å². The Morgan fingerprint density at radius 3 is 1.04 bits per heavy atom. The lowest BCUT2D eigenvalue weighted by Crippen LogP contribution is -2.66. The lowest BCUT2D eigenvalue weighted by Gasteiger charge is -2.48. The van der Waals surface area contributed by atoms with Gasteiger partial charge >= 0.3 is 0 Å². The number of hydrogen-bond donors (Lipinski definition) is 12. The molecule has 0 radical (unpaired) electrons. The average molecular weight is 1470 g/mol. The highest BCUT2D eigenvalue weighted by molar-refractivity contribution is 5.76. The number of aliphatic hydroxyl groups is 11. The molecule has 3 rings (SSSR count). The second-order valence-corrected chi connectivity index (χ2v) is 29.9. The molecule has 3 heterocycles. The normalized spacial score (nSPS) is 26.3. The van der Waals surface area contributed by atoms with Crippen molar-refractivity contribution in [3.8, 4) is 0 Å². The van der Waals surface area contributed by atoms with Gasteiger partial charge < -0.3 is 89.9 Å². The zero-order chi connectivity index (χ0) is 74.6. The molecule has 0 aliphatic carbocycles. The maximum absolute atomic E-state index is 13.5. The van der Waals surface area contributed by atoms with Crippen molar-refractivity contribution in [2.75, 3.05) is 26.4 Å². The Bertz CT molecular complexity index is 2090. The summed E-state index contributed by atoms with van der Waals surface area (Å²) in [5, 5.41) is 121. The van der Waals surface area contributed by atoms with E-state index in [1.54, 1.807) is 6.08 Å². The van der Waals surface area contributed by atoms with E-state index in [1.807, 2.05) is 6.08 Å². The van der Waals surface area contributed by atoms with Crippen LogP contribution in [0.1, 0.15) is 335 Å². The van der Waals surface area contributed by atoms with Gasteiger partial charge in [-0.15, -0.1) is 0 Å². The van der Waals surface area contributed by atoms with Crippen LogP contribution < -0.4 is 5.32 Å². The van der Waals surface area contributed by atoms with Crippen LogP contribution in [0.3, 0.4) is 0 Å². The number of carbonyl (C=O) groups is 1. The largest absolute Gasteiger partial charge is 0.394 e. The van der Waals surface area contributed by atoms with Gasteiger partial charge in [-0.2, -0.15) is 0 Å². The summed E-state index contributed by atoms with van der Waals surface area (Å²) in [6.45, 7) is 1.75. The van der Waals surface area contributed by atoms with Gasteiger partial charge in [-0.25, -0.2) is 0 Å². The molecule has 19 nitrogen and oxygen atoms in total. The van der Waals surface area contributed by atoms with E-state index in [9.17, 15) is 61.0 Å². The number of hydrogen-bond acceptors (Lipinski definition) is 18. The zero-order valence-electron chi connectivity index (χ0n) is 64.5. The van der Waals surface area contributed by atoms with Gasteiger partial charge in [0.05, 0.1) is 38.6 Å². The van der Waals surface area contributed by atoms with Gasteiger partial charge in [0, 0.05) is 6.42 Å². The van der Waals surface area contributed by atoms with Gasteiger partial charge in [-0.3, -0.25) is 4.79 Å². The number of rotatable bonds is 67. The first-order valence-electron chi connectivity index (χ1n) is 42.0. The van der Waals surface area contributed by atoms with Crippen LogP contribution >= 0.6 is 0 Å². The summed E-state index contributed by atoms with van der Waals surface area (Å²) in [6.07, 6.45) is 56.5. The predicted octanol–water partition coefficient (Wildman–Crippen LogP) is 14.6. The lowest BCUT2D eigenvalue weighted by atomic mass is 9.96. The molecule has 17 unspecified atom stereocenters. The maximum Gasteiger partial charge on any atom is 0.220 e.